The van der Waals surface area contributed by atoms with Gasteiger partial charge in [-0.25, -0.2) is 0 Å². The summed E-state index contributed by atoms with van der Waals surface area (Å²) in [5.74, 6) is -0.696. The molecule has 1 aromatic rings. The first-order valence-electron chi connectivity index (χ1n) is 9.88. The van der Waals surface area contributed by atoms with Gasteiger partial charge in [0, 0.05) is 11.8 Å². The van der Waals surface area contributed by atoms with Gasteiger partial charge in [0.25, 0.3) is 0 Å². The van der Waals surface area contributed by atoms with Crippen molar-refractivity contribution in [2.24, 2.45) is 17.8 Å². The third kappa shape index (κ3) is 5.48. The lowest BCUT2D eigenvalue weighted by Crippen LogP contribution is -2.56. The van der Waals surface area contributed by atoms with E-state index in [1.54, 1.807) is 19.1 Å². The number of alkyl halides is 4. The highest BCUT2D eigenvalue weighted by atomic mass is 35.5. The summed E-state index contributed by atoms with van der Waals surface area (Å²) in [4.78, 5) is 0. The Hall–Kier alpha value is -1.32. The minimum atomic E-state index is -4.73. The highest BCUT2D eigenvalue weighted by Gasteiger charge is 2.45. The number of ether oxygens (including phenoxy) is 2. The first-order valence-corrected chi connectivity index (χ1v) is 10.3. The second-order valence-corrected chi connectivity index (χ2v) is 8.55. The van der Waals surface area contributed by atoms with E-state index in [9.17, 15) is 28.5 Å². The maximum atomic E-state index is 12.3. The fraction of sp³-hybridized carbons (Fsp3) is 0.619. The molecule has 1 aromatic carbocycles. The summed E-state index contributed by atoms with van der Waals surface area (Å²) in [5, 5.41) is 29.6. The average Bonchev–Trinajstić information content (AvgIpc) is 2.69. The van der Waals surface area contributed by atoms with Gasteiger partial charge in [-0.15, -0.1) is 24.8 Å². The lowest BCUT2D eigenvalue weighted by molar-refractivity contribution is -0.274. The van der Waals surface area contributed by atoms with Crippen molar-refractivity contribution in [3.63, 3.8) is 0 Å². The molecule has 9 heteroatoms. The third-order valence-corrected chi connectivity index (χ3v) is 6.45. The molecule has 168 valence electrons. The van der Waals surface area contributed by atoms with Crippen LogP contribution in [0.15, 0.2) is 36.4 Å². The quantitative estimate of drug-likeness (QED) is 0.474. The van der Waals surface area contributed by atoms with E-state index >= 15 is 0 Å². The van der Waals surface area contributed by atoms with Gasteiger partial charge in [-0.2, -0.15) is 0 Å². The average molecular weight is 451 g/mol. The number of halogens is 4. The van der Waals surface area contributed by atoms with Crippen molar-refractivity contribution in [1.29, 1.82) is 0 Å². The van der Waals surface area contributed by atoms with Crippen molar-refractivity contribution >= 4 is 11.6 Å². The van der Waals surface area contributed by atoms with Crippen LogP contribution in [-0.4, -0.2) is 58.1 Å². The number of allylic oxidation sites excluding steroid dienone is 1. The van der Waals surface area contributed by atoms with Crippen LogP contribution >= 0.6 is 11.6 Å². The Kier molecular flexibility index (Phi) is 7.35. The van der Waals surface area contributed by atoms with Gasteiger partial charge in [0.1, 0.15) is 18.0 Å². The molecule has 3 rings (SSSR count). The van der Waals surface area contributed by atoms with Crippen molar-refractivity contribution in [2.45, 2.75) is 55.9 Å². The molecular formula is C21H26ClF3O5. The molecule has 1 heterocycles. The maximum absolute atomic E-state index is 12.3. The molecular weight excluding hydrogens is 425 g/mol. The molecule has 8 atom stereocenters. The van der Waals surface area contributed by atoms with Crippen LogP contribution in [-0.2, 0) is 11.2 Å². The summed E-state index contributed by atoms with van der Waals surface area (Å²) in [6.07, 6.45) is -3.15. The summed E-state index contributed by atoms with van der Waals surface area (Å²) in [7, 11) is 0. The maximum Gasteiger partial charge on any atom is 0.573 e. The molecule has 1 fully saturated rings. The first kappa shape index (κ1) is 23.3. The largest absolute Gasteiger partial charge is 0.573 e. The van der Waals surface area contributed by atoms with Crippen LogP contribution in [0.1, 0.15) is 18.9 Å². The summed E-state index contributed by atoms with van der Waals surface area (Å²) in [6.45, 7) is 1.40. The van der Waals surface area contributed by atoms with E-state index in [0.29, 0.717) is 12.8 Å². The van der Waals surface area contributed by atoms with E-state index in [0.717, 1.165) is 5.56 Å². The van der Waals surface area contributed by atoms with Crippen LogP contribution in [0.3, 0.4) is 0 Å². The lowest BCUT2D eigenvalue weighted by Gasteiger charge is -2.45. The Labute approximate surface area is 178 Å². The van der Waals surface area contributed by atoms with E-state index < -0.39 is 37.4 Å². The van der Waals surface area contributed by atoms with Crippen LogP contribution in [0.25, 0.3) is 0 Å². The lowest BCUT2D eigenvalue weighted by atomic mass is 9.74. The van der Waals surface area contributed by atoms with Crippen LogP contribution in [0.5, 0.6) is 5.75 Å². The second kappa shape index (κ2) is 9.44. The minimum Gasteiger partial charge on any atom is -0.406 e. The molecule has 3 N–H and O–H groups in total. The summed E-state index contributed by atoms with van der Waals surface area (Å²) >= 11 is 6.47. The fourth-order valence-electron chi connectivity index (χ4n) is 4.31. The van der Waals surface area contributed by atoms with Gasteiger partial charge >= 0.3 is 6.36 Å². The van der Waals surface area contributed by atoms with E-state index in [4.69, 9.17) is 16.3 Å². The zero-order valence-corrected chi connectivity index (χ0v) is 17.1. The van der Waals surface area contributed by atoms with Crippen LogP contribution < -0.4 is 4.74 Å². The normalized spacial score (nSPS) is 37.2. The zero-order valence-electron chi connectivity index (χ0n) is 16.4. The molecule has 0 saturated carbocycles. The van der Waals surface area contributed by atoms with E-state index in [1.807, 2.05) is 12.2 Å². The Bertz CT molecular complexity index is 724. The monoisotopic (exact) mass is 450 g/mol. The van der Waals surface area contributed by atoms with Gasteiger partial charge in [-0.1, -0.05) is 31.2 Å². The zero-order chi connectivity index (χ0) is 22.1. The van der Waals surface area contributed by atoms with Crippen LogP contribution in [0, 0.1) is 17.8 Å². The van der Waals surface area contributed by atoms with Crippen LogP contribution in [0.4, 0.5) is 13.2 Å². The Morgan fingerprint density at radius 3 is 2.40 bits per heavy atom. The van der Waals surface area contributed by atoms with E-state index in [1.165, 1.54) is 12.1 Å². The van der Waals surface area contributed by atoms with E-state index in [2.05, 4.69) is 4.74 Å². The van der Waals surface area contributed by atoms with Crippen LogP contribution in [0.2, 0.25) is 0 Å². The first-order chi connectivity index (χ1) is 14.1. The Morgan fingerprint density at radius 1 is 1.13 bits per heavy atom. The van der Waals surface area contributed by atoms with E-state index in [-0.39, 0.29) is 28.9 Å². The number of aliphatic hydroxyl groups excluding tert-OH is 3. The third-order valence-electron chi connectivity index (χ3n) is 5.94. The Balaban J connectivity index is 1.67. The summed E-state index contributed by atoms with van der Waals surface area (Å²) in [6, 6.07) is 5.72. The molecule has 5 nitrogen and oxygen atoms in total. The molecule has 0 radical (unpaired) electrons. The highest BCUT2D eigenvalue weighted by molar-refractivity contribution is 6.22. The number of aliphatic hydroxyl groups is 3. The molecule has 1 aliphatic carbocycles. The van der Waals surface area contributed by atoms with Gasteiger partial charge in [-0.05, 0) is 36.5 Å². The minimum absolute atomic E-state index is 0.00317. The van der Waals surface area contributed by atoms with Crippen molar-refractivity contribution in [3.05, 3.63) is 42.0 Å². The van der Waals surface area contributed by atoms with Gasteiger partial charge in [0.05, 0.1) is 24.2 Å². The second-order valence-electron chi connectivity index (χ2n) is 8.05. The molecule has 30 heavy (non-hydrogen) atoms. The molecule has 1 saturated heterocycles. The smallest absolute Gasteiger partial charge is 0.406 e. The standard InChI is InChI=1S/C21H26ClF3O5/c1-11-18(27)19(28)17(10-26)29-20(11)13-4-7-16(22)14(9-13)8-12-2-5-15(6-3-12)30-21(23,24)25/h2-7,11,13-14,16-20,26-28H,8-10H2,1H3/t11-,13?,14?,16?,17?,18?,19-,20?/m1/s1. The predicted octanol–water partition coefficient (Wildman–Crippen LogP) is 3.05. The molecule has 0 bridgehead atoms. The molecule has 0 spiro atoms. The molecule has 0 amide bonds. The highest BCUT2D eigenvalue weighted by Crippen LogP contribution is 2.39. The summed E-state index contributed by atoms with van der Waals surface area (Å²) in [5.41, 5.74) is 0.829. The molecule has 2 aliphatic rings. The molecule has 0 aromatic heterocycles. The number of hydrogen-bond acceptors (Lipinski definition) is 5. The Morgan fingerprint density at radius 2 is 1.80 bits per heavy atom. The van der Waals surface area contributed by atoms with Crippen molar-refractivity contribution in [2.75, 3.05) is 6.61 Å². The van der Waals surface area contributed by atoms with Gasteiger partial charge in [-0.3, -0.25) is 0 Å². The SMILES string of the molecule is C[C@H]1C(C2C=CC(Cl)C(Cc3ccc(OC(F)(F)F)cc3)C2)OC(CO)[C@@H](O)C1O. The fourth-order valence-corrected chi connectivity index (χ4v) is 4.58. The van der Waals surface area contributed by atoms with Crippen molar-refractivity contribution < 1.29 is 38.0 Å². The molecule has 1 aliphatic heterocycles. The molecule has 6 unspecified atom stereocenters. The topological polar surface area (TPSA) is 79.2 Å². The van der Waals surface area contributed by atoms with Crippen molar-refractivity contribution in [1.82, 2.24) is 0 Å². The van der Waals surface area contributed by atoms with Gasteiger partial charge < -0.3 is 24.8 Å². The predicted molar refractivity (Wildman–Crippen MR) is 104 cm³/mol. The number of benzene rings is 1. The number of rotatable bonds is 5. The summed E-state index contributed by atoms with van der Waals surface area (Å²) < 4.78 is 46.7. The van der Waals surface area contributed by atoms with Gasteiger partial charge in [0.2, 0.25) is 0 Å². The number of hydrogen-bond donors (Lipinski definition) is 3. The van der Waals surface area contributed by atoms with Crippen molar-refractivity contribution in [3.8, 4) is 5.75 Å². The van der Waals surface area contributed by atoms with Gasteiger partial charge in [0.15, 0.2) is 0 Å².